The Balaban J connectivity index is 2.15. The fourth-order valence-electron chi connectivity index (χ4n) is 1.53. The maximum absolute atomic E-state index is 4.37. The molecule has 0 saturated heterocycles. The van der Waals surface area contributed by atoms with E-state index in [1.807, 2.05) is 13.0 Å². The molecule has 1 unspecified atom stereocenters. The predicted molar refractivity (Wildman–Crippen MR) is 73.0 cm³/mol. The van der Waals surface area contributed by atoms with Crippen molar-refractivity contribution in [3.63, 3.8) is 0 Å². The number of thiophene rings is 1. The van der Waals surface area contributed by atoms with E-state index in [9.17, 15) is 0 Å². The van der Waals surface area contributed by atoms with Crippen LogP contribution in [0.1, 0.15) is 23.5 Å². The van der Waals surface area contributed by atoms with Gasteiger partial charge in [0.15, 0.2) is 0 Å². The molecule has 2 nitrogen and oxygen atoms in total. The van der Waals surface area contributed by atoms with Crippen LogP contribution in [0.2, 0.25) is 0 Å². The lowest BCUT2D eigenvalue weighted by atomic mass is 10.2. The first kappa shape index (κ1) is 11.6. The van der Waals surface area contributed by atoms with Crippen molar-refractivity contribution in [3.05, 3.63) is 44.8 Å². The maximum atomic E-state index is 4.37. The molecule has 0 aliphatic rings. The second-order valence-electron chi connectivity index (χ2n) is 3.65. The van der Waals surface area contributed by atoms with Crippen molar-refractivity contribution in [3.8, 4) is 0 Å². The molecule has 1 N–H and O–H groups in total. The number of rotatable bonds is 3. The van der Waals surface area contributed by atoms with Gasteiger partial charge >= 0.3 is 0 Å². The van der Waals surface area contributed by atoms with Crippen molar-refractivity contribution in [1.29, 1.82) is 0 Å². The number of hydrogen-bond acceptors (Lipinski definition) is 3. The standard InChI is InChI=1S/C12H13BrN2S/c1-8-10(5-6-12(13)15-8)14-9(2)11-4-3-7-16-11/h3-7,9,14H,1-2H3. The Morgan fingerprint density at radius 3 is 2.81 bits per heavy atom. The summed E-state index contributed by atoms with van der Waals surface area (Å²) in [7, 11) is 0. The minimum absolute atomic E-state index is 0.321. The SMILES string of the molecule is Cc1nc(Br)ccc1NC(C)c1cccs1. The summed E-state index contributed by atoms with van der Waals surface area (Å²) >= 11 is 5.13. The van der Waals surface area contributed by atoms with Crippen molar-refractivity contribution in [2.45, 2.75) is 19.9 Å². The summed E-state index contributed by atoms with van der Waals surface area (Å²) in [6, 6.07) is 8.55. The Bertz CT molecular complexity index is 468. The van der Waals surface area contributed by atoms with Gasteiger partial charge < -0.3 is 5.32 Å². The van der Waals surface area contributed by atoms with E-state index in [0.29, 0.717) is 6.04 Å². The average Bonchev–Trinajstić information content (AvgIpc) is 2.75. The van der Waals surface area contributed by atoms with Crippen LogP contribution in [0.3, 0.4) is 0 Å². The number of aromatic nitrogens is 1. The zero-order valence-electron chi connectivity index (χ0n) is 9.20. The van der Waals surface area contributed by atoms with Crippen LogP contribution in [0.25, 0.3) is 0 Å². The van der Waals surface area contributed by atoms with Gasteiger partial charge in [-0.3, -0.25) is 0 Å². The zero-order chi connectivity index (χ0) is 11.5. The third-order valence-electron chi connectivity index (χ3n) is 2.39. The average molecular weight is 297 g/mol. The van der Waals surface area contributed by atoms with Gasteiger partial charge in [0, 0.05) is 4.88 Å². The van der Waals surface area contributed by atoms with E-state index in [2.05, 4.69) is 56.7 Å². The topological polar surface area (TPSA) is 24.9 Å². The van der Waals surface area contributed by atoms with Crippen LogP contribution < -0.4 is 5.32 Å². The highest BCUT2D eigenvalue weighted by Crippen LogP contribution is 2.25. The third-order valence-corrected chi connectivity index (χ3v) is 3.89. The largest absolute Gasteiger partial charge is 0.376 e. The summed E-state index contributed by atoms with van der Waals surface area (Å²) in [5.41, 5.74) is 2.10. The van der Waals surface area contributed by atoms with E-state index in [1.54, 1.807) is 11.3 Å². The zero-order valence-corrected chi connectivity index (χ0v) is 11.6. The van der Waals surface area contributed by atoms with Gasteiger partial charge in [0.05, 0.1) is 17.4 Å². The van der Waals surface area contributed by atoms with Crippen LogP contribution in [-0.2, 0) is 0 Å². The lowest BCUT2D eigenvalue weighted by Crippen LogP contribution is -2.06. The van der Waals surface area contributed by atoms with Crippen molar-refractivity contribution >= 4 is 33.0 Å². The number of nitrogens with one attached hydrogen (secondary N) is 1. The van der Waals surface area contributed by atoms with Gasteiger partial charge in [0.2, 0.25) is 0 Å². The molecule has 16 heavy (non-hydrogen) atoms. The number of hydrogen-bond donors (Lipinski definition) is 1. The number of nitrogens with zero attached hydrogens (tertiary/aromatic N) is 1. The molecule has 0 bridgehead atoms. The van der Waals surface area contributed by atoms with Crippen LogP contribution in [-0.4, -0.2) is 4.98 Å². The summed E-state index contributed by atoms with van der Waals surface area (Å²) in [6.45, 7) is 4.17. The van der Waals surface area contributed by atoms with Gasteiger partial charge in [0.25, 0.3) is 0 Å². The van der Waals surface area contributed by atoms with E-state index in [-0.39, 0.29) is 0 Å². The molecule has 0 radical (unpaired) electrons. The van der Waals surface area contributed by atoms with E-state index >= 15 is 0 Å². The number of halogens is 1. The minimum Gasteiger partial charge on any atom is -0.376 e. The molecule has 4 heteroatoms. The Hall–Kier alpha value is -0.870. The van der Waals surface area contributed by atoms with Gasteiger partial charge in [0.1, 0.15) is 4.60 Å². The lowest BCUT2D eigenvalue weighted by molar-refractivity contribution is 0.900. The summed E-state index contributed by atoms with van der Waals surface area (Å²) in [4.78, 5) is 5.70. The first-order chi connectivity index (χ1) is 7.66. The van der Waals surface area contributed by atoms with Gasteiger partial charge in [-0.15, -0.1) is 11.3 Å². The molecular formula is C12H13BrN2S. The van der Waals surface area contributed by atoms with E-state index in [0.717, 1.165) is 16.0 Å². The summed E-state index contributed by atoms with van der Waals surface area (Å²) in [6.07, 6.45) is 0. The van der Waals surface area contributed by atoms with Crippen molar-refractivity contribution in [2.75, 3.05) is 5.32 Å². The van der Waals surface area contributed by atoms with Gasteiger partial charge in [-0.2, -0.15) is 0 Å². The second-order valence-corrected chi connectivity index (χ2v) is 5.44. The lowest BCUT2D eigenvalue weighted by Gasteiger charge is -2.15. The monoisotopic (exact) mass is 296 g/mol. The van der Waals surface area contributed by atoms with Gasteiger partial charge in [-0.1, -0.05) is 6.07 Å². The molecule has 1 atom stereocenters. The quantitative estimate of drug-likeness (QED) is 0.850. The van der Waals surface area contributed by atoms with Crippen LogP contribution in [0, 0.1) is 6.92 Å². The molecule has 0 saturated carbocycles. The third kappa shape index (κ3) is 2.62. The molecule has 0 aliphatic heterocycles. The molecule has 2 rings (SSSR count). The molecule has 0 spiro atoms. The second kappa shape index (κ2) is 4.97. The molecule has 2 heterocycles. The van der Waals surface area contributed by atoms with Crippen molar-refractivity contribution in [2.24, 2.45) is 0 Å². The van der Waals surface area contributed by atoms with E-state index < -0.39 is 0 Å². The smallest absolute Gasteiger partial charge is 0.106 e. The predicted octanol–water partition coefficient (Wildman–Crippen LogP) is 4.39. The Kier molecular flexibility index (Phi) is 3.61. The first-order valence-corrected chi connectivity index (χ1v) is 6.77. The molecular weight excluding hydrogens is 284 g/mol. The highest BCUT2D eigenvalue weighted by Gasteiger charge is 2.08. The maximum Gasteiger partial charge on any atom is 0.106 e. The molecule has 0 amide bonds. The highest BCUT2D eigenvalue weighted by molar-refractivity contribution is 9.10. The van der Waals surface area contributed by atoms with Crippen LogP contribution >= 0.6 is 27.3 Å². The molecule has 0 fully saturated rings. The normalized spacial score (nSPS) is 12.4. The summed E-state index contributed by atoms with van der Waals surface area (Å²) < 4.78 is 0.874. The van der Waals surface area contributed by atoms with Crippen molar-refractivity contribution < 1.29 is 0 Å². The Morgan fingerprint density at radius 1 is 1.38 bits per heavy atom. The van der Waals surface area contributed by atoms with Gasteiger partial charge in [-0.05, 0) is 53.4 Å². The number of anilines is 1. The van der Waals surface area contributed by atoms with Crippen LogP contribution in [0.5, 0.6) is 0 Å². The Morgan fingerprint density at radius 2 is 2.19 bits per heavy atom. The molecule has 2 aromatic heterocycles. The van der Waals surface area contributed by atoms with E-state index in [4.69, 9.17) is 0 Å². The molecule has 0 aromatic carbocycles. The van der Waals surface area contributed by atoms with Crippen LogP contribution in [0.15, 0.2) is 34.2 Å². The summed E-state index contributed by atoms with van der Waals surface area (Å²) in [5.74, 6) is 0. The number of pyridine rings is 1. The minimum atomic E-state index is 0.321. The molecule has 2 aromatic rings. The molecule has 84 valence electrons. The fraction of sp³-hybridized carbons (Fsp3) is 0.250. The molecule has 0 aliphatic carbocycles. The highest BCUT2D eigenvalue weighted by atomic mass is 79.9. The fourth-order valence-corrected chi connectivity index (χ4v) is 2.66. The number of aryl methyl sites for hydroxylation is 1. The summed E-state index contributed by atoms with van der Waals surface area (Å²) in [5, 5.41) is 5.56. The van der Waals surface area contributed by atoms with E-state index in [1.165, 1.54) is 4.88 Å². The van der Waals surface area contributed by atoms with Gasteiger partial charge in [-0.25, -0.2) is 4.98 Å². The van der Waals surface area contributed by atoms with Crippen LogP contribution in [0.4, 0.5) is 5.69 Å². The first-order valence-electron chi connectivity index (χ1n) is 5.10. The van der Waals surface area contributed by atoms with Crippen molar-refractivity contribution in [1.82, 2.24) is 4.98 Å². The Labute approximate surface area is 108 Å².